The van der Waals surface area contributed by atoms with Crippen molar-refractivity contribution < 1.29 is 9.90 Å². The van der Waals surface area contributed by atoms with Crippen molar-refractivity contribution in [2.45, 2.75) is 38.4 Å². The Balaban J connectivity index is 3.22. The average molecular weight is 176 g/mol. The van der Waals surface area contributed by atoms with E-state index in [0.29, 0.717) is 11.7 Å². The second-order valence-electron chi connectivity index (χ2n) is 2.61. The number of thioether (sulfide) groups is 1. The molecule has 0 bridgehead atoms. The maximum atomic E-state index is 10.2. The zero-order valence-electron chi connectivity index (χ0n) is 7.17. The van der Waals surface area contributed by atoms with E-state index < -0.39 is 5.97 Å². The van der Waals surface area contributed by atoms with Gasteiger partial charge in [-0.05, 0) is 18.6 Å². The Morgan fingerprint density at radius 1 is 1.64 bits per heavy atom. The van der Waals surface area contributed by atoms with Crippen LogP contribution >= 0.6 is 11.8 Å². The topological polar surface area (TPSA) is 37.3 Å². The van der Waals surface area contributed by atoms with E-state index in [2.05, 4.69) is 13.8 Å². The summed E-state index contributed by atoms with van der Waals surface area (Å²) >= 11 is 1.86. The fourth-order valence-electron chi connectivity index (χ4n) is 0.729. The number of carboxylic acids is 1. The molecule has 1 unspecified atom stereocenters. The third-order valence-corrected chi connectivity index (χ3v) is 2.82. The highest BCUT2D eigenvalue weighted by atomic mass is 32.2. The zero-order valence-corrected chi connectivity index (χ0v) is 7.99. The second kappa shape index (κ2) is 6.53. The van der Waals surface area contributed by atoms with Gasteiger partial charge in [-0.25, -0.2) is 0 Å². The highest BCUT2D eigenvalue weighted by Crippen LogP contribution is 2.16. The van der Waals surface area contributed by atoms with Crippen LogP contribution in [0, 0.1) is 0 Å². The first-order valence-electron chi connectivity index (χ1n) is 4.00. The highest BCUT2D eigenvalue weighted by Gasteiger charge is 2.04. The molecule has 3 heteroatoms. The fourth-order valence-corrected chi connectivity index (χ4v) is 1.65. The summed E-state index contributed by atoms with van der Waals surface area (Å²) in [4.78, 5) is 10.2. The molecule has 0 heterocycles. The Hall–Kier alpha value is -0.180. The number of rotatable bonds is 6. The Kier molecular flexibility index (Phi) is 6.42. The van der Waals surface area contributed by atoms with E-state index in [1.54, 1.807) is 0 Å². The van der Waals surface area contributed by atoms with Gasteiger partial charge >= 0.3 is 5.97 Å². The van der Waals surface area contributed by atoms with Gasteiger partial charge in [0.25, 0.3) is 0 Å². The van der Waals surface area contributed by atoms with Crippen LogP contribution in [0.1, 0.15) is 33.1 Å². The summed E-state index contributed by atoms with van der Waals surface area (Å²) in [5.74, 6) is 0.454. The fraction of sp³-hybridized carbons (Fsp3) is 0.875. The zero-order chi connectivity index (χ0) is 8.69. The van der Waals surface area contributed by atoms with E-state index in [1.165, 1.54) is 6.42 Å². The summed E-state index contributed by atoms with van der Waals surface area (Å²) in [6, 6.07) is 0. The normalized spacial score (nSPS) is 12.9. The molecule has 2 nitrogen and oxygen atoms in total. The number of hydrogen-bond donors (Lipinski definition) is 1. The Labute approximate surface area is 72.4 Å². The van der Waals surface area contributed by atoms with Crippen LogP contribution in [0.3, 0.4) is 0 Å². The van der Waals surface area contributed by atoms with Crippen LogP contribution in [0.5, 0.6) is 0 Å². The summed E-state index contributed by atoms with van der Waals surface area (Å²) < 4.78 is 0. The summed E-state index contributed by atoms with van der Waals surface area (Å²) in [6.45, 7) is 4.22. The standard InChI is InChI=1S/C8H16O2S/c1-3-6-11-7(2)4-5-8(9)10/h7H,3-6H2,1-2H3,(H,9,10). The van der Waals surface area contributed by atoms with Crippen molar-refractivity contribution in [2.75, 3.05) is 5.75 Å². The van der Waals surface area contributed by atoms with Crippen molar-refractivity contribution in [3.8, 4) is 0 Å². The van der Waals surface area contributed by atoms with Crippen molar-refractivity contribution in [1.82, 2.24) is 0 Å². The van der Waals surface area contributed by atoms with Crippen molar-refractivity contribution >= 4 is 17.7 Å². The van der Waals surface area contributed by atoms with Gasteiger partial charge in [0.05, 0.1) is 0 Å². The first kappa shape index (κ1) is 10.8. The third-order valence-electron chi connectivity index (χ3n) is 1.37. The Morgan fingerprint density at radius 3 is 2.73 bits per heavy atom. The van der Waals surface area contributed by atoms with Gasteiger partial charge in [0.2, 0.25) is 0 Å². The predicted molar refractivity (Wildman–Crippen MR) is 49.1 cm³/mol. The molecular weight excluding hydrogens is 160 g/mol. The lowest BCUT2D eigenvalue weighted by Crippen LogP contribution is -2.02. The molecule has 0 rings (SSSR count). The van der Waals surface area contributed by atoms with E-state index in [9.17, 15) is 4.79 Å². The molecule has 0 fully saturated rings. The lowest BCUT2D eigenvalue weighted by Gasteiger charge is -2.07. The first-order chi connectivity index (χ1) is 5.16. The molecule has 0 aromatic heterocycles. The Bertz CT molecular complexity index is 115. The van der Waals surface area contributed by atoms with Gasteiger partial charge < -0.3 is 5.11 Å². The summed E-state index contributed by atoms with van der Waals surface area (Å²) in [5, 5.41) is 8.87. The molecule has 0 saturated heterocycles. The lowest BCUT2D eigenvalue weighted by molar-refractivity contribution is -0.137. The van der Waals surface area contributed by atoms with Crippen LogP contribution in [-0.2, 0) is 4.79 Å². The van der Waals surface area contributed by atoms with Gasteiger partial charge in [0.15, 0.2) is 0 Å². The average Bonchev–Trinajstić information content (AvgIpc) is 1.97. The lowest BCUT2D eigenvalue weighted by atomic mass is 10.2. The molecule has 66 valence electrons. The van der Waals surface area contributed by atoms with E-state index in [4.69, 9.17) is 5.11 Å². The van der Waals surface area contributed by atoms with Crippen LogP contribution in [0.4, 0.5) is 0 Å². The van der Waals surface area contributed by atoms with Crippen LogP contribution in [-0.4, -0.2) is 22.1 Å². The van der Waals surface area contributed by atoms with Crippen molar-refractivity contribution in [3.05, 3.63) is 0 Å². The van der Waals surface area contributed by atoms with Gasteiger partial charge in [-0.3, -0.25) is 4.79 Å². The quantitative estimate of drug-likeness (QED) is 0.675. The third kappa shape index (κ3) is 7.72. The largest absolute Gasteiger partial charge is 0.481 e. The van der Waals surface area contributed by atoms with E-state index >= 15 is 0 Å². The number of aliphatic carboxylic acids is 1. The Morgan fingerprint density at radius 2 is 2.27 bits per heavy atom. The monoisotopic (exact) mass is 176 g/mol. The summed E-state index contributed by atoms with van der Waals surface area (Å²) in [5.41, 5.74) is 0. The van der Waals surface area contributed by atoms with Crippen LogP contribution in [0.2, 0.25) is 0 Å². The minimum absolute atomic E-state index is 0.303. The smallest absolute Gasteiger partial charge is 0.303 e. The van der Waals surface area contributed by atoms with Gasteiger partial charge in [0, 0.05) is 11.7 Å². The SMILES string of the molecule is CCCSC(C)CCC(=O)O. The molecule has 0 spiro atoms. The van der Waals surface area contributed by atoms with Gasteiger partial charge in [-0.1, -0.05) is 13.8 Å². The maximum Gasteiger partial charge on any atom is 0.303 e. The summed E-state index contributed by atoms with van der Waals surface area (Å²) in [6.07, 6.45) is 2.26. The molecule has 1 atom stereocenters. The molecule has 11 heavy (non-hydrogen) atoms. The maximum absolute atomic E-state index is 10.2. The molecular formula is C8H16O2S. The van der Waals surface area contributed by atoms with Gasteiger partial charge in [0.1, 0.15) is 0 Å². The van der Waals surface area contributed by atoms with Crippen molar-refractivity contribution in [2.24, 2.45) is 0 Å². The number of carbonyl (C=O) groups is 1. The molecule has 0 aromatic rings. The molecule has 0 aromatic carbocycles. The molecule has 0 saturated carbocycles. The van der Waals surface area contributed by atoms with Gasteiger partial charge in [-0.2, -0.15) is 11.8 Å². The molecule has 1 N–H and O–H groups in total. The van der Waals surface area contributed by atoms with E-state index in [1.807, 2.05) is 11.8 Å². The van der Waals surface area contributed by atoms with E-state index in [-0.39, 0.29) is 0 Å². The molecule has 0 aliphatic heterocycles. The van der Waals surface area contributed by atoms with Crippen LogP contribution in [0.25, 0.3) is 0 Å². The molecule has 0 radical (unpaired) electrons. The predicted octanol–water partition coefficient (Wildman–Crippen LogP) is 2.38. The number of hydrogen-bond acceptors (Lipinski definition) is 2. The van der Waals surface area contributed by atoms with Crippen molar-refractivity contribution in [1.29, 1.82) is 0 Å². The minimum atomic E-state index is -0.686. The molecule has 0 aliphatic rings. The highest BCUT2D eigenvalue weighted by molar-refractivity contribution is 7.99. The van der Waals surface area contributed by atoms with Crippen LogP contribution < -0.4 is 0 Å². The summed E-state index contributed by atoms with van der Waals surface area (Å²) in [7, 11) is 0. The molecule has 0 amide bonds. The first-order valence-corrected chi connectivity index (χ1v) is 5.05. The van der Waals surface area contributed by atoms with Gasteiger partial charge in [-0.15, -0.1) is 0 Å². The molecule has 0 aliphatic carbocycles. The van der Waals surface area contributed by atoms with E-state index in [0.717, 1.165) is 12.2 Å². The second-order valence-corrected chi connectivity index (χ2v) is 4.16. The minimum Gasteiger partial charge on any atom is -0.481 e. The van der Waals surface area contributed by atoms with Crippen LogP contribution in [0.15, 0.2) is 0 Å². The number of carboxylic acid groups (broad SMARTS) is 1. The van der Waals surface area contributed by atoms with Crippen molar-refractivity contribution in [3.63, 3.8) is 0 Å².